The third-order valence-electron chi connectivity index (χ3n) is 2.53. The van der Waals surface area contributed by atoms with Gasteiger partial charge in [-0.05, 0) is 30.5 Å². The minimum Gasteiger partial charge on any atom is -0.391 e. The summed E-state index contributed by atoms with van der Waals surface area (Å²) >= 11 is 0. The van der Waals surface area contributed by atoms with Crippen molar-refractivity contribution in [2.24, 2.45) is 0 Å². The van der Waals surface area contributed by atoms with Gasteiger partial charge in [-0.15, -0.1) is 0 Å². The van der Waals surface area contributed by atoms with E-state index in [-0.39, 0.29) is 6.10 Å². The van der Waals surface area contributed by atoms with E-state index in [1.165, 1.54) is 11.1 Å². The fourth-order valence-corrected chi connectivity index (χ4v) is 1.57. The van der Waals surface area contributed by atoms with Gasteiger partial charge in [0.2, 0.25) is 0 Å². The number of aliphatic hydroxyl groups is 1. The van der Waals surface area contributed by atoms with Crippen LogP contribution in [0.1, 0.15) is 25.0 Å². The summed E-state index contributed by atoms with van der Waals surface area (Å²) in [4.78, 5) is 0. The molecule has 1 unspecified atom stereocenters. The molecule has 1 atom stereocenters. The van der Waals surface area contributed by atoms with Crippen molar-refractivity contribution in [2.75, 3.05) is 13.1 Å². The lowest BCUT2D eigenvalue weighted by molar-refractivity contribution is 0.172. The molecule has 0 radical (unpaired) electrons. The van der Waals surface area contributed by atoms with E-state index in [1.807, 2.05) is 6.92 Å². The van der Waals surface area contributed by atoms with Gasteiger partial charge in [-0.25, -0.2) is 0 Å². The Morgan fingerprint density at radius 3 is 2.27 bits per heavy atom. The highest BCUT2D eigenvalue weighted by Gasteiger charge is 2.04. The van der Waals surface area contributed by atoms with E-state index < -0.39 is 0 Å². The molecule has 0 aromatic heterocycles. The van der Waals surface area contributed by atoms with Gasteiger partial charge in [0, 0.05) is 6.54 Å². The van der Waals surface area contributed by atoms with E-state index in [0.717, 1.165) is 19.4 Å². The number of aliphatic hydroxyl groups excluding tert-OH is 1. The Morgan fingerprint density at radius 2 is 1.73 bits per heavy atom. The van der Waals surface area contributed by atoms with Crippen LogP contribution in [0.4, 0.5) is 0 Å². The zero-order valence-electron chi connectivity index (χ0n) is 9.66. The average molecular weight is 207 g/mol. The minimum absolute atomic E-state index is 0.280. The summed E-state index contributed by atoms with van der Waals surface area (Å²) in [6.07, 6.45) is 1.52. The van der Waals surface area contributed by atoms with E-state index in [0.29, 0.717) is 6.54 Å². The SMILES string of the molecule is CCNCC(O)Cc1ccc(CC)cc1. The van der Waals surface area contributed by atoms with Gasteiger partial charge in [-0.3, -0.25) is 0 Å². The molecule has 2 N–H and O–H groups in total. The van der Waals surface area contributed by atoms with Crippen molar-refractivity contribution < 1.29 is 5.11 Å². The molecule has 0 bridgehead atoms. The van der Waals surface area contributed by atoms with Crippen molar-refractivity contribution in [1.29, 1.82) is 0 Å². The topological polar surface area (TPSA) is 32.3 Å². The van der Waals surface area contributed by atoms with Crippen molar-refractivity contribution in [1.82, 2.24) is 5.32 Å². The predicted molar refractivity (Wildman–Crippen MR) is 64.1 cm³/mol. The highest BCUT2D eigenvalue weighted by Crippen LogP contribution is 2.07. The number of hydrogen-bond donors (Lipinski definition) is 2. The van der Waals surface area contributed by atoms with Crippen LogP contribution in [-0.4, -0.2) is 24.3 Å². The van der Waals surface area contributed by atoms with Crippen LogP contribution in [0, 0.1) is 0 Å². The van der Waals surface area contributed by atoms with Crippen LogP contribution in [0.3, 0.4) is 0 Å². The summed E-state index contributed by atoms with van der Waals surface area (Å²) < 4.78 is 0. The van der Waals surface area contributed by atoms with Crippen molar-refractivity contribution in [2.45, 2.75) is 32.8 Å². The first kappa shape index (κ1) is 12.2. The molecule has 0 aliphatic carbocycles. The van der Waals surface area contributed by atoms with Crippen LogP contribution in [-0.2, 0) is 12.8 Å². The summed E-state index contributed by atoms with van der Waals surface area (Å²) in [6, 6.07) is 8.48. The lowest BCUT2D eigenvalue weighted by Crippen LogP contribution is -2.28. The molecule has 84 valence electrons. The van der Waals surface area contributed by atoms with Gasteiger partial charge in [0.05, 0.1) is 6.10 Å². The van der Waals surface area contributed by atoms with E-state index in [1.54, 1.807) is 0 Å². The highest BCUT2D eigenvalue weighted by atomic mass is 16.3. The van der Waals surface area contributed by atoms with E-state index in [9.17, 15) is 5.11 Å². The number of nitrogens with one attached hydrogen (secondary N) is 1. The third-order valence-corrected chi connectivity index (χ3v) is 2.53. The first-order chi connectivity index (χ1) is 7.26. The van der Waals surface area contributed by atoms with Crippen molar-refractivity contribution >= 4 is 0 Å². The zero-order chi connectivity index (χ0) is 11.1. The van der Waals surface area contributed by atoms with Crippen LogP contribution in [0.15, 0.2) is 24.3 Å². The fourth-order valence-electron chi connectivity index (χ4n) is 1.57. The molecule has 0 heterocycles. The molecule has 15 heavy (non-hydrogen) atoms. The van der Waals surface area contributed by atoms with Crippen LogP contribution < -0.4 is 5.32 Å². The number of rotatable bonds is 6. The molecule has 1 aromatic rings. The van der Waals surface area contributed by atoms with E-state index in [2.05, 4.69) is 36.5 Å². The van der Waals surface area contributed by atoms with Gasteiger partial charge in [-0.1, -0.05) is 38.1 Å². The number of aryl methyl sites for hydroxylation is 1. The molecule has 0 spiro atoms. The Labute approximate surface area is 92.3 Å². The van der Waals surface area contributed by atoms with E-state index >= 15 is 0 Å². The predicted octanol–water partition coefficient (Wildman–Crippen LogP) is 1.76. The Hall–Kier alpha value is -0.860. The summed E-state index contributed by atoms with van der Waals surface area (Å²) in [5.41, 5.74) is 2.55. The second kappa shape index (κ2) is 6.59. The largest absolute Gasteiger partial charge is 0.391 e. The van der Waals surface area contributed by atoms with Crippen LogP contribution >= 0.6 is 0 Å². The van der Waals surface area contributed by atoms with Crippen molar-refractivity contribution in [3.8, 4) is 0 Å². The second-order valence-corrected chi connectivity index (χ2v) is 3.84. The van der Waals surface area contributed by atoms with E-state index in [4.69, 9.17) is 0 Å². The molecule has 2 heteroatoms. The summed E-state index contributed by atoms with van der Waals surface area (Å²) in [7, 11) is 0. The number of benzene rings is 1. The monoisotopic (exact) mass is 207 g/mol. The van der Waals surface area contributed by atoms with Crippen molar-refractivity contribution in [3.63, 3.8) is 0 Å². The zero-order valence-corrected chi connectivity index (χ0v) is 9.66. The molecule has 0 aliphatic heterocycles. The summed E-state index contributed by atoms with van der Waals surface area (Å²) in [6.45, 7) is 5.77. The first-order valence-corrected chi connectivity index (χ1v) is 5.72. The number of hydrogen-bond acceptors (Lipinski definition) is 2. The van der Waals surface area contributed by atoms with Gasteiger partial charge in [0.1, 0.15) is 0 Å². The quantitative estimate of drug-likeness (QED) is 0.745. The normalized spacial score (nSPS) is 12.7. The maximum Gasteiger partial charge on any atom is 0.0704 e. The molecule has 0 amide bonds. The number of likely N-dealkylation sites (N-methyl/N-ethyl adjacent to an activating group) is 1. The molecule has 0 saturated carbocycles. The molecule has 1 aromatic carbocycles. The highest BCUT2D eigenvalue weighted by molar-refractivity contribution is 5.22. The van der Waals surface area contributed by atoms with Gasteiger partial charge in [0.25, 0.3) is 0 Å². The molecular weight excluding hydrogens is 186 g/mol. The van der Waals surface area contributed by atoms with Crippen LogP contribution in [0.2, 0.25) is 0 Å². The first-order valence-electron chi connectivity index (χ1n) is 5.72. The van der Waals surface area contributed by atoms with Gasteiger partial charge in [0.15, 0.2) is 0 Å². The maximum atomic E-state index is 9.70. The second-order valence-electron chi connectivity index (χ2n) is 3.84. The molecule has 0 fully saturated rings. The minimum atomic E-state index is -0.280. The third kappa shape index (κ3) is 4.45. The fraction of sp³-hybridized carbons (Fsp3) is 0.538. The standard InChI is InChI=1S/C13H21NO/c1-3-11-5-7-12(8-6-11)9-13(15)10-14-4-2/h5-8,13-15H,3-4,9-10H2,1-2H3. The Morgan fingerprint density at radius 1 is 1.13 bits per heavy atom. The van der Waals surface area contributed by atoms with Crippen molar-refractivity contribution in [3.05, 3.63) is 35.4 Å². The Kier molecular flexibility index (Phi) is 5.37. The maximum absolute atomic E-state index is 9.70. The molecule has 0 saturated heterocycles. The molecule has 1 rings (SSSR count). The molecule has 2 nitrogen and oxygen atoms in total. The lowest BCUT2D eigenvalue weighted by atomic mass is 10.0. The van der Waals surface area contributed by atoms with Gasteiger partial charge < -0.3 is 10.4 Å². The Balaban J connectivity index is 2.42. The average Bonchev–Trinajstić information content (AvgIpc) is 2.27. The smallest absolute Gasteiger partial charge is 0.0704 e. The Bertz CT molecular complexity index is 268. The molecule has 0 aliphatic rings. The summed E-state index contributed by atoms with van der Waals surface area (Å²) in [5.74, 6) is 0. The molecular formula is C13H21NO. The van der Waals surface area contributed by atoms with Crippen LogP contribution in [0.25, 0.3) is 0 Å². The lowest BCUT2D eigenvalue weighted by Gasteiger charge is -2.11. The summed E-state index contributed by atoms with van der Waals surface area (Å²) in [5, 5.41) is 12.8. The van der Waals surface area contributed by atoms with Crippen LogP contribution in [0.5, 0.6) is 0 Å². The van der Waals surface area contributed by atoms with Gasteiger partial charge >= 0.3 is 0 Å². The van der Waals surface area contributed by atoms with Gasteiger partial charge in [-0.2, -0.15) is 0 Å².